The number of urea groups is 4. The molecule has 4 N–H and O–H groups in total. The van der Waals surface area contributed by atoms with Crippen LogP contribution in [-0.4, -0.2) is 200 Å². The Hall–Kier alpha value is -12.1. The number of carbonyl (C=O) groups is 4. The maximum Gasteiger partial charge on any atom is 0.409 e. The monoisotopic (exact) mass is 1790 g/mol. The van der Waals surface area contributed by atoms with Gasteiger partial charge in [0.05, 0.1) is 40.7 Å². The van der Waals surface area contributed by atoms with Gasteiger partial charge in [0.15, 0.2) is 22.8 Å². The topological polar surface area (TPSA) is 261 Å². The van der Waals surface area contributed by atoms with Crippen LogP contribution in [0.15, 0.2) is 150 Å². The summed E-state index contributed by atoms with van der Waals surface area (Å²) < 4.78 is 92.0. The highest BCUT2D eigenvalue weighted by molar-refractivity contribution is 6.32. The lowest BCUT2D eigenvalue weighted by molar-refractivity contribution is -0.556. The number of nitrogens with zero attached hydrogens (tertiary/aromatic N) is 20. The number of aliphatic imine (C=N–C) groups is 1. The zero-order chi connectivity index (χ0) is 88.1. The Kier molecular flexibility index (Phi) is 20.7. The molecule has 128 heavy (non-hydrogen) atoms. The number of anilines is 6. The third kappa shape index (κ3) is 14.6. The van der Waals surface area contributed by atoms with Crippen LogP contribution in [0.3, 0.4) is 0 Å². The van der Waals surface area contributed by atoms with E-state index in [4.69, 9.17) is 43.3 Å². The fourth-order valence-electron chi connectivity index (χ4n) is 22.1. The Balaban J connectivity index is 0.000000104. The predicted octanol–water partition coefficient (Wildman–Crippen LogP) is 15.7. The number of amides is 8. The van der Waals surface area contributed by atoms with Crippen LogP contribution in [0.5, 0.6) is 0 Å². The van der Waals surface area contributed by atoms with Crippen molar-refractivity contribution < 1.29 is 50.2 Å². The van der Waals surface area contributed by atoms with Crippen LogP contribution >= 0.6 is 23.2 Å². The Morgan fingerprint density at radius 3 is 1.09 bits per heavy atom. The molecule has 0 spiro atoms. The number of nitrogens with one attached hydrogen (secondary N) is 4. The standard InChI is InChI=1S/2C23H24ClFN6O.2C23H24F2N6O/c2*1-14-4-7-29(13-14)22(32)27-19-12-26-31-9-6-20(28-21(19)31)30-8-5-15-11-23(15,30)17-10-16(25)2-3-18(17)24;1-14-4-7-29(13-14)22(32)27-19-12-26-31-9-6-20(28-21(19)31)30-8-5-15-11-23(15,30)17-10-16(24)2-3-18(17)25;1-14-6-8-29(13-14)22(32)27-21-12-26-19-4-5-20(28-31(19)21)30-9-7-15-11-23(15,30)17-10-16(24)2-3-18(17)25/h3*2-3,6,9-10,12,14-15H,4-5,7-8,11,13H2,1H3,(H,27,32);2-5,10,12,14-15,19H,6-9,11,13H2,1H3/p+1/t14-,15+,23-;2*14-,15-,23+;14-,15-,19?,23+/m1000/s1. The van der Waals surface area contributed by atoms with E-state index in [0.29, 0.717) is 115 Å². The maximum absolute atomic E-state index is 14.7. The zero-order valence-electron chi connectivity index (χ0n) is 71.1. The molecule has 36 heteroatoms. The van der Waals surface area contributed by atoms with Crippen molar-refractivity contribution in [1.29, 1.82) is 0 Å². The van der Waals surface area contributed by atoms with Gasteiger partial charge in [-0.05, 0) is 239 Å². The molecule has 4 aliphatic carbocycles. The molecule has 14 aliphatic rings. The molecule has 12 fully saturated rings. The first-order valence-corrected chi connectivity index (χ1v) is 45.2. The van der Waals surface area contributed by atoms with Gasteiger partial charge in [0, 0.05) is 118 Å². The van der Waals surface area contributed by atoms with Crippen molar-refractivity contribution >= 4 is 117 Å². The third-order valence-corrected chi connectivity index (χ3v) is 29.7. The molecular formula is C92H97Cl2F6N24O4+. The number of aromatic nitrogens is 9. The summed E-state index contributed by atoms with van der Waals surface area (Å²) in [5, 5.41) is 30.8. The van der Waals surface area contributed by atoms with Crippen LogP contribution < -0.4 is 36.0 Å². The van der Waals surface area contributed by atoms with Gasteiger partial charge in [-0.25, -0.2) is 79.0 Å². The first-order chi connectivity index (χ1) is 61.8. The number of amidine groups is 2. The number of piperidine rings is 4. The average Bonchev–Trinajstić information content (AvgIpc) is 1.54. The summed E-state index contributed by atoms with van der Waals surface area (Å²) >= 11 is 13.0. The number of rotatable bonds is 10. The molecule has 4 saturated carbocycles. The molecular weight excluding hydrogens is 1690 g/mol. The number of carbonyl (C=O) groups excluding carboxylic acids is 4. The zero-order valence-corrected chi connectivity index (χ0v) is 72.6. The summed E-state index contributed by atoms with van der Waals surface area (Å²) in [4.78, 5) is 85.6. The van der Waals surface area contributed by atoms with Gasteiger partial charge in [0.25, 0.3) is 0 Å². The Bertz CT molecular complexity index is 5860. The minimum atomic E-state index is -0.563. The molecule has 1 unspecified atom stereocenters. The minimum absolute atomic E-state index is 0.122. The van der Waals surface area contributed by atoms with E-state index in [9.17, 15) is 45.5 Å². The van der Waals surface area contributed by atoms with Crippen LogP contribution in [0.2, 0.25) is 10.0 Å². The quantitative estimate of drug-likeness (QED) is 0.0733. The van der Waals surface area contributed by atoms with Gasteiger partial charge in [-0.3, -0.25) is 0 Å². The molecule has 0 bridgehead atoms. The van der Waals surface area contributed by atoms with Gasteiger partial charge in [-0.1, -0.05) is 56.0 Å². The van der Waals surface area contributed by atoms with Crippen molar-refractivity contribution in [2.24, 2.45) is 57.4 Å². The summed E-state index contributed by atoms with van der Waals surface area (Å²) in [6.45, 7) is 17.6. The first-order valence-electron chi connectivity index (χ1n) is 44.5. The first kappa shape index (κ1) is 82.9. The third-order valence-electron chi connectivity index (χ3n) is 29.1. The van der Waals surface area contributed by atoms with Crippen LogP contribution in [-0.2, 0) is 22.2 Å². The number of halogens is 8. The van der Waals surface area contributed by atoms with Crippen molar-refractivity contribution in [1.82, 2.24) is 73.6 Å². The number of hydrogen-bond donors (Lipinski definition) is 4. The largest absolute Gasteiger partial charge is 0.409 e. The molecule has 4 aromatic carbocycles. The van der Waals surface area contributed by atoms with Crippen LogP contribution in [0.1, 0.15) is 127 Å². The van der Waals surface area contributed by atoms with E-state index in [-0.39, 0.29) is 76.5 Å². The van der Waals surface area contributed by atoms with Gasteiger partial charge in [0.1, 0.15) is 75.6 Å². The summed E-state index contributed by atoms with van der Waals surface area (Å²) in [7, 11) is 0. The highest BCUT2D eigenvalue weighted by Crippen LogP contribution is 2.68. The van der Waals surface area contributed by atoms with Crippen molar-refractivity contribution in [3.05, 3.63) is 208 Å². The average molecular weight is 1790 g/mol. The molecule has 0 radical (unpaired) electrons. The number of hydrogen-bond acceptors (Lipinski definition) is 16. The van der Waals surface area contributed by atoms with Gasteiger partial charge in [0.2, 0.25) is 6.17 Å². The Morgan fingerprint density at radius 1 is 0.406 bits per heavy atom. The molecule has 28 nitrogen and oxygen atoms in total. The van der Waals surface area contributed by atoms with Crippen LogP contribution in [0.25, 0.3) is 16.9 Å². The summed E-state index contributed by atoms with van der Waals surface area (Å²) in [5.74, 6) is 4.68. The van der Waals surface area contributed by atoms with Crippen LogP contribution in [0, 0.1) is 82.2 Å². The van der Waals surface area contributed by atoms with E-state index < -0.39 is 22.7 Å². The highest BCUT2D eigenvalue weighted by Gasteiger charge is 2.68. The molecule has 10 aromatic rings. The fraction of sp³-hybridized carbons (Fsp3) is 0.446. The summed E-state index contributed by atoms with van der Waals surface area (Å²) in [6, 6.07) is 21.6. The lowest BCUT2D eigenvalue weighted by atomic mass is 10.0. The second-order valence-electron chi connectivity index (χ2n) is 37.2. The van der Waals surface area contributed by atoms with E-state index in [2.05, 4.69) is 88.9 Å². The van der Waals surface area contributed by atoms with Crippen molar-refractivity contribution in [3.8, 4) is 0 Å². The molecule has 16 heterocycles. The van der Waals surface area contributed by atoms with Crippen molar-refractivity contribution in [2.45, 2.75) is 133 Å². The number of fused-ring (bicyclic) bond motifs is 8. The SMILES string of the molecule is C[C@@H]1CCN(C(=O)Nc2cnn3ccc(N4CC[C@H]5C[C@]54c4cc(F)ccc4Cl)nc23)C1.C[C@H]1CCN(C(=O)NC2=[N+]3N=C(N4CC[C@H]5C[C@]54c4cc(F)ccc4F)C=CC3N=C2)C1.C[C@H]1CCN(C(=O)Nc2cnn3ccc(N4CC[C@H]5C[C@]54c4cc(F)ccc4Cl)nc23)C1.C[C@H]1CCN(C(=O)Nc2cnn3ccc(N4CC[C@H]5C[C@]54c4cc(F)ccc4F)nc23)C1. The van der Waals surface area contributed by atoms with Gasteiger partial charge < -0.3 is 55.1 Å². The van der Waals surface area contributed by atoms with Gasteiger partial charge in [-0.15, -0.1) is 4.68 Å². The highest BCUT2D eigenvalue weighted by atomic mass is 35.5. The second-order valence-corrected chi connectivity index (χ2v) is 38.0. The van der Waals surface area contributed by atoms with E-state index in [1.54, 1.807) is 83.3 Å². The number of benzene rings is 4. The Morgan fingerprint density at radius 2 is 0.734 bits per heavy atom. The van der Waals surface area contributed by atoms with Crippen LogP contribution in [0.4, 0.5) is 80.0 Å². The fourth-order valence-corrected chi connectivity index (χ4v) is 22.7. The molecule has 13 atom stereocenters. The second kappa shape index (κ2) is 32.0. The molecule has 6 aromatic heterocycles. The molecule has 8 amide bonds. The predicted molar refractivity (Wildman–Crippen MR) is 472 cm³/mol. The Labute approximate surface area is 743 Å². The maximum atomic E-state index is 14.7. The van der Waals surface area contributed by atoms with E-state index >= 15 is 0 Å². The van der Waals surface area contributed by atoms with E-state index in [1.807, 2.05) is 52.5 Å². The van der Waals surface area contributed by atoms with Crippen molar-refractivity contribution in [3.63, 3.8) is 0 Å². The minimum Gasteiger partial charge on any atom is -0.346 e. The van der Waals surface area contributed by atoms with E-state index in [1.165, 1.54) is 36.4 Å². The lowest BCUT2D eigenvalue weighted by Gasteiger charge is -2.31. The molecule has 8 saturated heterocycles. The molecule has 664 valence electrons. The molecule has 10 aliphatic heterocycles. The normalized spacial score (nSPS) is 28.0. The van der Waals surface area contributed by atoms with Gasteiger partial charge >= 0.3 is 30.0 Å². The smallest absolute Gasteiger partial charge is 0.346 e. The summed E-state index contributed by atoms with van der Waals surface area (Å²) in [6.07, 6.45) is 26.7. The number of likely N-dealkylation sites (tertiary alicyclic amines) is 5. The lowest BCUT2D eigenvalue weighted by Crippen LogP contribution is -2.46. The summed E-state index contributed by atoms with van der Waals surface area (Å²) in [5.41, 5.74) is 4.10. The molecule has 24 rings (SSSR count). The van der Waals surface area contributed by atoms with E-state index in [0.717, 1.165) is 184 Å². The van der Waals surface area contributed by atoms with Gasteiger partial charge in [-0.2, -0.15) is 20.6 Å². The van der Waals surface area contributed by atoms with Crippen molar-refractivity contribution in [2.75, 3.05) is 109 Å². The number of hydrazone groups is 1.